The normalized spacial score (nSPS) is 10.7. The molecule has 0 fully saturated rings. The Hall–Kier alpha value is -3.08. The Morgan fingerprint density at radius 3 is 2.32 bits per heavy atom. The van der Waals surface area contributed by atoms with Gasteiger partial charge in [0, 0.05) is 11.6 Å². The SMILES string of the molecule is CC(C)COc1ccc(C(=O)NNC(=O)C=Cc2ccccc2)cc1. The fraction of sp³-hybridized carbons (Fsp3) is 0.200. The zero-order chi connectivity index (χ0) is 18.1. The molecule has 0 spiro atoms. The summed E-state index contributed by atoms with van der Waals surface area (Å²) in [5.74, 6) is 0.341. The highest BCUT2D eigenvalue weighted by molar-refractivity contribution is 5.97. The van der Waals surface area contributed by atoms with E-state index in [0.717, 1.165) is 5.56 Å². The van der Waals surface area contributed by atoms with Gasteiger partial charge in [-0.15, -0.1) is 0 Å². The molecule has 25 heavy (non-hydrogen) atoms. The standard InChI is InChI=1S/C20H22N2O3/c1-15(2)14-25-18-11-9-17(10-12-18)20(24)22-21-19(23)13-8-16-6-4-3-5-7-16/h3-13,15H,14H2,1-2H3,(H,21,23)(H,22,24). The third-order valence-electron chi connectivity index (χ3n) is 3.23. The van der Waals surface area contributed by atoms with Crippen molar-refractivity contribution < 1.29 is 14.3 Å². The second kappa shape index (κ2) is 9.27. The van der Waals surface area contributed by atoms with Gasteiger partial charge in [-0.2, -0.15) is 0 Å². The van der Waals surface area contributed by atoms with Gasteiger partial charge < -0.3 is 4.74 Å². The largest absolute Gasteiger partial charge is 0.493 e. The van der Waals surface area contributed by atoms with E-state index in [9.17, 15) is 9.59 Å². The van der Waals surface area contributed by atoms with Gasteiger partial charge in [0.2, 0.25) is 0 Å². The first-order valence-electron chi connectivity index (χ1n) is 8.11. The molecule has 5 nitrogen and oxygen atoms in total. The van der Waals surface area contributed by atoms with Crippen molar-refractivity contribution in [1.29, 1.82) is 0 Å². The molecule has 0 aliphatic heterocycles. The predicted molar refractivity (Wildman–Crippen MR) is 97.9 cm³/mol. The van der Waals surface area contributed by atoms with Gasteiger partial charge in [0.1, 0.15) is 5.75 Å². The number of hydrogen-bond acceptors (Lipinski definition) is 3. The predicted octanol–water partition coefficient (Wildman–Crippen LogP) is 3.20. The highest BCUT2D eigenvalue weighted by Gasteiger charge is 2.06. The molecule has 2 aromatic rings. The van der Waals surface area contributed by atoms with Crippen LogP contribution in [0.3, 0.4) is 0 Å². The summed E-state index contributed by atoms with van der Waals surface area (Å²) in [7, 11) is 0. The Morgan fingerprint density at radius 1 is 1.00 bits per heavy atom. The first-order valence-corrected chi connectivity index (χ1v) is 8.11. The van der Waals surface area contributed by atoms with Crippen LogP contribution in [0.5, 0.6) is 5.75 Å². The highest BCUT2D eigenvalue weighted by atomic mass is 16.5. The summed E-state index contributed by atoms with van der Waals surface area (Å²) in [6, 6.07) is 16.2. The smallest absolute Gasteiger partial charge is 0.269 e. The Bertz CT molecular complexity index is 722. The fourth-order valence-electron chi connectivity index (χ4n) is 1.93. The molecule has 0 bridgehead atoms. The molecule has 2 rings (SSSR count). The van der Waals surface area contributed by atoms with Crippen molar-refractivity contribution in [3.05, 3.63) is 71.8 Å². The van der Waals surface area contributed by atoms with E-state index in [1.165, 1.54) is 6.08 Å². The number of hydrogen-bond donors (Lipinski definition) is 2. The maximum absolute atomic E-state index is 12.0. The Kier molecular flexibility index (Phi) is 6.77. The van der Waals surface area contributed by atoms with Crippen LogP contribution in [-0.2, 0) is 4.79 Å². The van der Waals surface area contributed by atoms with Gasteiger partial charge in [0.05, 0.1) is 6.61 Å². The lowest BCUT2D eigenvalue weighted by atomic mass is 10.2. The van der Waals surface area contributed by atoms with E-state index in [-0.39, 0.29) is 0 Å². The van der Waals surface area contributed by atoms with E-state index in [1.54, 1.807) is 30.3 Å². The van der Waals surface area contributed by atoms with Crippen LogP contribution in [0.1, 0.15) is 29.8 Å². The molecule has 0 heterocycles. The summed E-state index contributed by atoms with van der Waals surface area (Å²) in [5.41, 5.74) is 6.06. The lowest BCUT2D eigenvalue weighted by Crippen LogP contribution is -2.40. The lowest BCUT2D eigenvalue weighted by Gasteiger charge is -2.09. The van der Waals surface area contributed by atoms with E-state index in [0.29, 0.717) is 23.8 Å². The van der Waals surface area contributed by atoms with E-state index in [4.69, 9.17) is 4.74 Å². The summed E-state index contributed by atoms with van der Waals surface area (Å²) >= 11 is 0. The number of benzene rings is 2. The molecule has 5 heteroatoms. The second-order valence-corrected chi connectivity index (χ2v) is 5.92. The van der Waals surface area contributed by atoms with Crippen LogP contribution in [0, 0.1) is 5.92 Å². The van der Waals surface area contributed by atoms with Crippen molar-refractivity contribution >= 4 is 17.9 Å². The Morgan fingerprint density at radius 2 is 1.68 bits per heavy atom. The molecule has 0 saturated heterocycles. The third-order valence-corrected chi connectivity index (χ3v) is 3.23. The first-order chi connectivity index (χ1) is 12.0. The summed E-state index contributed by atoms with van der Waals surface area (Å²) in [5, 5.41) is 0. The van der Waals surface area contributed by atoms with Crippen LogP contribution in [0.4, 0.5) is 0 Å². The van der Waals surface area contributed by atoms with Crippen molar-refractivity contribution in [2.75, 3.05) is 6.61 Å². The summed E-state index contributed by atoms with van der Waals surface area (Å²) in [4.78, 5) is 23.7. The maximum Gasteiger partial charge on any atom is 0.269 e. The number of rotatable bonds is 6. The molecule has 0 unspecified atom stereocenters. The minimum Gasteiger partial charge on any atom is -0.493 e. The zero-order valence-electron chi connectivity index (χ0n) is 14.4. The molecular weight excluding hydrogens is 316 g/mol. The zero-order valence-corrected chi connectivity index (χ0v) is 14.4. The monoisotopic (exact) mass is 338 g/mol. The average Bonchev–Trinajstić information content (AvgIpc) is 2.64. The van der Waals surface area contributed by atoms with Gasteiger partial charge >= 0.3 is 0 Å². The fourth-order valence-corrected chi connectivity index (χ4v) is 1.93. The van der Waals surface area contributed by atoms with Crippen molar-refractivity contribution in [2.45, 2.75) is 13.8 Å². The Labute approximate surface area is 147 Å². The van der Waals surface area contributed by atoms with Crippen LogP contribution in [0.15, 0.2) is 60.7 Å². The lowest BCUT2D eigenvalue weighted by molar-refractivity contribution is -0.117. The molecule has 0 saturated carbocycles. The van der Waals surface area contributed by atoms with E-state index in [1.807, 2.05) is 30.3 Å². The summed E-state index contributed by atoms with van der Waals surface area (Å²) < 4.78 is 5.56. The van der Waals surface area contributed by atoms with Gasteiger partial charge in [-0.1, -0.05) is 44.2 Å². The molecule has 2 amide bonds. The van der Waals surface area contributed by atoms with E-state index >= 15 is 0 Å². The number of hydrazine groups is 1. The number of nitrogens with one attached hydrogen (secondary N) is 2. The van der Waals surface area contributed by atoms with Crippen molar-refractivity contribution in [2.24, 2.45) is 5.92 Å². The molecule has 0 radical (unpaired) electrons. The van der Waals surface area contributed by atoms with Crippen molar-refractivity contribution in [3.63, 3.8) is 0 Å². The average molecular weight is 338 g/mol. The molecule has 0 aromatic heterocycles. The van der Waals surface area contributed by atoms with Crippen LogP contribution < -0.4 is 15.6 Å². The highest BCUT2D eigenvalue weighted by Crippen LogP contribution is 2.13. The number of amides is 2. The summed E-state index contributed by atoms with van der Waals surface area (Å²) in [6.45, 7) is 4.75. The molecule has 2 aromatic carbocycles. The van der Waals surface area contributed by atoms with Crippen LogP contribution in [0.25, 0.3) is 6.08 Å². The molecule has 0 atom stereocenters. The van der Waals surface area contributed by atoms with Gasteiger partial charge in [-0.05, 0) is 41.8 Å². The van der Waals surface area contributed by atoms with Gasteiger partial charge in [0.15, 0.2) is 0 Å². The van der Waals surface area contributed by atoms with Gasteiger partial charge in [-0.25, -0.2) is 0 Å². The summed E-state index contributed by atoms with van der Waals surface area (Å²) in [6.07, 6.45) is 3.03. The van der Waals surface area contributed by atoms with Gasteiger partial charge in [-0.3, -0.25) is 20.4 Å². The second-order valence-electron chi connectivity index (χ2n) is 5.92. The Balaban J connectivity index is 1.81. The van der Waals surface area contributed by atoms with Gasteiger partial charge in [0.25, 0.3) is 11.8 Å². The number of carbonyl (C=O) groups excluding carboxylic acids is 2. The first kappa shape index (κ1) is 18.3. The minimum atomic E-state index is -0.408. The van der Waals surface area contributed by atoms with Crippen molar-refractivity contribution in [1.82, 2.24) is 10.9 Å². The molecule has 130 valence electrons. The van der Waals surface area contributed by atoms with Crippen LogP contribution in [0.2, 0.25) is 0 Å². The maximum atomic E-state index is 12.0. The molecule has 0 aliphatic carbocycles. The number of ether oxygens (including phenoxy) is 1. The van der Waals surface area contributed by atoms with Crippen LogP contribution >= 0.6 is 0 Å². The topological polar surface area (TPSA) is 67.4 Å². The molecule has 0 aliphatic rings. The van der Waals surface area contributed by atoms with Crippen LogP contribution in [-0.4, -0.2) is 18.4 Å². The minimum absolute atomic E-state index is 0.392. The van der Waals surface area contributed by atoms with E-state index in [2.05, 4.69) is 24.7 Å². The number of carbonyl (C=O) groups is 2. The molecular formula is C20H22N2O3. The van der Waals surface area contributed by atoms with E-state index < -0.39 is 11.8 Å². The third kappa shape index (κ3) is 6.51. The quantitative estimate of drug-likeness (QED) is 0.628. The van der Waals surface area contributed by atoms with Crippen molar-refractivity contribution in [3.8, 4) is 5.75 Å². The molecule has 2 N–H and O–H groups in total.